The van der Waals surface area contributed by atoms with Crippen LogP contribution in [-0.4, -0.2) is 44.3 Å². The molecule has 1 saturated heterocycles. The van der Waals surface area contributed by atoms with Crippen molar-refractivity contribution in [1.29, 1.82) is 0 Å². The lowest BCUT2D eigenvalue weighted by Crippen LogP contribution is -2.47. The molecule has 1 heterocycles. The number of hydrogen-bond acceptors (Lipinski definition) is 3. The van der Waals surface area contributed by atoms with Crippen molar-refractivity contribution in [3.05, 3.63) is 0 Å². The lowest BCUT2D eigenvalue weighted by Gasteiger charge is -2.37. The number of likely N-dealkylation sites (tertiary alicyclic amines) is 1. The van der Waals surface area contributed by atoms with Crippen LogP contribution in [0.4, 0.5) is 0 Å². The van der Waals surface area contributed by atoms with Gasteiger partial charge in [0.15, 0.2) is 0 Å². The molecule has 0 aromatic heterocycles. The molecule has 2 unspecified atom stereocenters. The normalized spacial score (nSPS) is 23.8. The highest BCUT2D eigenvalue weighted by molar-refractivity contribution is 4.79. The first-order chi connectivity index (χ1) is 8.31. The van der Waals surface area contributed by atoms with Gasteiger partial charge in [-0.2, -0.15) is 0 Å². The van der Waals surface area contributed by atoms with Gasteiger partial charge in [-0.25, -0.2) is 0 Å². The molecule has 0 aliphatic carbocycles. The first-order valence-electron chi connectivity index (χ1n) is 7.24. The molecule has 2 N–H and O–H groups in total. The van der Waals surface area contributed by atoms with E-state index in [1.807, 2.05) is 0 Å². The maximum Gasteiger partial charge on any atom is 0.0502 e. The fraction of sp³-hybridized carbons (Fsp3) is 1.00. The number of methoxy groups -OCH3 is 1. The molecule has 2 atom stereocenters. The van der Waals surface area contributed by atoms with Crippen molar-refractivity contribution >= 4 is 0 Å². The minimum atomic E-state index is 0.598. The fourth-order valence-corrected chi connectivity index (χ4v) is 2.88. The van der Waals surface area contributed by atoms with E-state index in [0.29, 0.717) is 12.0 Å². The van der Waals surface area contributed by atoms with Gasteiger partial charge in [0.25, 0.3) is 0 Å². The van der Waals surface area contributed by atoms with E-state index in [9.17, 15) is 0 Å². The van der Waals surface area contributed by atoms with Crippen molar-refractivity contribution < 1.29 is 4.74 Å². The molecule has 0 amide bonds. The summed E-state index contributed by atoms with van der Waals surface area (Å²) >= 11 is 0. The molecule has 0 aromatic rings. The third kappa shape index (κ3) is 5.36. The van der Waals surface area contributed by atoms with E-state index in [2.05, 4.69) is 11.8 Å². The maximum absolute atomic E-state index is 5.93. The summed E-state index contributed by atoms with van der Waals surface area (Å²) in [4.78, 5) is 2.60. The van der Waals surface area contributed by atoms with Crippen LogP contribution in [-0.2, 0) is 4.74 Å². The molecule has 1 rings (SSSR count). The number of nitrogens with two attached hydrogens (primary N) is 1. The summed E-state index contributed by atoms with van der Waals surface area (Å²) in [6, 6.07) is 0.598. The van der Waals surface area contributed by atoms with E-state index in [-0.39, 0.29) is 0 Å². The predicted molar refractivity (Wildman–Crippen MR) is 73.2 cm³/mol. The highest BCUT2D eigenvalue weighted by atomic mass is 16.5. The van der Waals surface area contributed by atoms with E-state index in [0.717, 1.165) is 13.2 Å². The standard InChI is InChI=1S/C14H30N2O/c1-3-4-5-8-14(10-15)16-9-6-7-13(11-16)12-17-2/h13-14H,3-12,15H2,1-2H3. The monoisotopic (exact) mass is 242 g/mol. The Bertz CT molecular complexity index is 185. The van der Waals surface area contributed by atoms with Crippen LogP contribution in [0.2, 0.25) is 0 Å². The second kappa shape index (κ2) is 8.90. The van der Waals surface area contributed by atoms with Gasteiger partial charge in [-0.3, -0.25) is 4.90 Å². The molecule has 3 nitrogen and oxygen atoms in total. The third-order valence-electron chi connectivity index (χ3n) is 3.88. The van der Waals surface area contributed by atoms with Crippen molar-refractivity contribution in [3.8, 4) is 0 Å². The van der Waals surface area contributed by atoms with Crippen LogP contribution in [0, 0.1) is 5.92 Å². The third-order valence-corrected chi connectivity index (χ3v) is 3.88. The van der Waals surface area contributed by atoms with Crippen molar-refractivity contribution in [3.63, 3.8) is 0 Å². The highest BCUT2D eigenvalue weighted by Crippen LogP contribution is 2.20. The molecule has 1 aliphatic rings. The van der Waals surface area contributed by atoms with Gasteiger partial charge in [-0.1, -0.05) is 26.2 Å². The number of unbranched alkanes of at least 4 members (excludes halogenated alkanes) is 2. The molecular weight excluding hydrogens is 212 g/mol. The molecule has 1 aliphatic heterocycles. The number of ether oxygens (including phenoxy) is 1. The maximum atomic E-state index is 5.93. The Labute approximate surface area is 107 Å². The van der Waals surface area contributed by atoms with Crippen molar-refractivity contribution in [2.24, 2.45) is 11.7 Å². The average molecular weight is 242 g/mol. The molecule has 0 radical (unpaired) electrons. The van der Waals surface area contributed by atoms with E-state index >= 15 is 0 Å². The molecule has 17 heavy (non-hydrogen) atoms. The molecular formula is C14H30N2O. The summed E-state index contributed by atoms with van der Waals surface area (Å²) in [5, 5.41) is 0. The Balaban J connectivity index is 2.33. The summed E-state index contributed by atoms with van der Waals surface area (Å²) in [5.74, 6) is 0.717. The van der Waals surface area contributed by atoms with Gasteiger partial charge >= 0.3 is 0 Å². The Hall–Kier alpha value is -0.120. The van der Waals surface area contributed by atoms with Crippen LogP contribution < -0.4 is 5.73 Å². The van der Waals surface area contributed by atoms with Crippen LogP contribution in [0.15, 0.2) is 0 Å². The van der Waals surface area contributed by atoms with Crippen LogP contribution in [0.1, 0.15) is 45.4 Å². The van der Waals surface area contributed by atoms with Gasteiger partial charge in [0.05, 0.1) is 6.61 Å². The summed E-state index contributed by atoms with van der Waals surface area (Å²) in [6.45, 7) is 6.38. The van der Waals surface area contributed by atoms with Crippen LogP contribution >= 0.6 is 0 Å². The topological polar surface area (TPSA) is 38.5 Å². The minimum Gasteiger partial charge on any atom is -0.384 e. The molecule has 102 valence electrons. The first-order valence-corrected chi connectivity index (χ1v) is 7.24. The average Bonchev–Trinajstić information content (AvgIpc) is 2.35. The second-order valence-electron chi connectivity index (χ2n) is 5.34. The highest BCUT2D eigenvalue weighted by Gasteiger charge is 2.24. The molecule has 0 saturated carbocycles. The Morgan fingerprint density at radius 2 is 2.24 bits per heavy atom. The number of nitrogens with zero attached hydrogens (tertiary/aromatic N) is 1. The smallest absolute Gasteiger partial charge is 0.0502 e. The van der Waals surface area contributed by atoms with Gasteiger partial charge in [0.2, 0.25) is 0 Å². The van der Waals surface area contributed by atoms with E-state index in [1.165, 1.54) is 51.6 Å². The van der Waals surface area contributed by atoms with Crippen molar-refractivity contribution in [2.45, 2.75) is 51.5 Å². The van der Waals surface area contributed by atoms with E-state index in [4.69, 9.17) is 10.5 Å². The zero-order chi connectivity index (χ0) is 12.5. The SMILES string of the molecule is CCCCCC(CN)N1CCCC(COC)C1. The van der Waals surface area contributed by atoms with E-state index < -0.39 is 0 Å². The lowest BCUT2D eigenvalue weighted by molar-refractivity contribution is 0.0669. The van der Waals surface area contributed by atoms with Gasteiger partial charge in [0.1, 0.15) is 0 Å². The number of piperidine rings is 1. The summed E-state index contributed by atoms with van der Waals surface area (Å²) < 4.78 is 5.28. The zero-order valence-electron chi connectivity index (χ0n) is 11.7. The van der Waals surface area contributed by atoms with Gasteiger partial charge in [0, 0.05) is 26.2 Å². The summed E-state index contributed by atoms with van der Waals surface area (Å²) in [5.41, 5.74) is 5.93. The van der Waals surface area contributed by atoms with Gasteiger partial charge in [-0.05, 0) is 31.7 Å². The minimum absolute atomic E-state index is 0.598. The lowest BCUT2D eigenvalue weighted by atomic mass is 9.96. The molecule has 0 spiro atoms. The van der Waals surface area contributed by atoms with Crippen LogP contribution in [0.5, 0.6) is 0 Å². The van der Waals surface area contributed by atoms with Crippen molar-refractivity contribution in [1.82, 2.24) is 4.90 Å². The summed E-state index contributed by atoms with van der Waals surface area (Å²) in [6.07, 6.45) is 7.85. The number of rotatable bonds is 8. The summed E-state index contributed by atoms with van der Waals surface area (Å²) in [7, 11) is 1.81. The molecule has 0 aromatic carbocycles. The fourth-order valence-electron chi connectivity index (χ4n) is 2.88. The second-order valence-corrected chi connectivity index (χ2v) is 5.34. The van der Waals surface area contributed by atoms with Crippen LogP contribution in [0.3, 0.4) is 0 Å². The van der Waals surface area contributed by atoms with E-state index in [1.54, 1.807) is 7.11 Å². The predicted octanol–water partition coefficient (Wildman–Crippen LogP) is 2.25. The molecule has 0 bridgehead atoms. The Morgan fingerprint density at radius 1 is 1.41 bits per heavy atom. The molecule has 1 fully saturated rings. The zero-order valence-corrected chi connectivity index (χ0v) is 11.7. The Morgan fingerprint density at radius 3 is 2.88 bits per heavy atom. The Kier molecular flexibility index (Phi) is 7.82. The van der Waals surface area contributed by atoms with Gasteiger partial charge in [-0.15, -0.1) is 0 Å². The molecule has 3 heteroatoms. The van der Waals surface area contributed by atoms with Crippen LogP contribution in [0.25, 0.3) is 0 Å². The largest absolute Gasteiger partial charge is 0.384 e. The van der Waals surface area contributed by atoms with Crippen molar-refractivity contribution in [2.75, 3.05) is 33.4 Å². The first kappa shape index (κ1) is 14.9. The number of hydrogen-bond donors (Lipinski definition) is 1. The quantitative estimate of drug-likeness (QED) is 0.664. The van der Waals surface area contributed by atoms with Gasteiger partial charge < -0.3 is 10.5 Å².